The number of ether oxygens (including phenoxy) is 1. The van der Waals surface area contributed by atoms with Crippen molar-refractivity contribution in [2.24, 2.45) is 0 Å². The molecule has 102 valence electrons. The maximum atomic E-state index is 11.8. The molecule has 0 aromatic rings. The molecule has 0 amide bonds. The van der Waals surface area contributed by atoms with Gasteiger partial charge in [0.15, 0.2) is 0 Å². The fourth-order valence-corrected chi connectivity index (χ4v) is 3.40. The Hall–Kier alpha value is -0.170. The highest BCUT2D eigenvalue weighted by Gasteiger charge is 2.33. The van der Waals surface area contributed by atoms with E-state index < -0.39 is 15.6 Å². The van der Waals surface area contributed by atoms with E-state index in [0.29, 0.717) is 19.6 Å². The smallest absolute Gasteiger partial charge is 0.212 e. The Kier molecular flexibility index (Phi) is 5.85. The average Bonchev–Trinajstić information content (AvgIpc) is 2.63. The Balaban J connectivity index is 2.26. The van der Waals surface area contributed by atoms with Crippen LogP contribution in [0, 0.1) is 0 Å². The van der Waals surface area contributed by atoms with Gasteiger partial charge in [-0.25, -0.2) is 13.1 Å². The van der Waals surface area contributed by atoms with E-state index in [1.165, 1.54) is 0 Å². The Morgan fingerprint density at radius 3 is 2.71 bits per heavy atom. The third-order valence-corrected chi connectivity index (χ3v) is 4.44. The molecule has 1 unspecified atom stereocenters. The van der Waals surface area contributed by atoms with Crippen molar-refractivity contribution in [1.82, 2.24) is 10.0 Å². The van der Waals surface area contributed by atoms with Gasteiger partial charge in [0.25, 0.3) is 0 Å². The summed E-state index contributed by atoms with van der Waals surface area (Å²) in [7, 11) is -3.18. The van der Waals surface area contributed by atoms with E-state index in [9.17, 15) is 8.42 Å². The van der Waals surface area contributed by atoms with Gasteiger partial charge in [-0.2, -0.15) is 0 Å². The summed E-state index contributed by atoms with van der Waals surface area (Å²) in [6.07, 6.45) is 2.47. The minimum atomic E-state index is -3.18. The van der Waals surface area contributed by atoms with Crippen LogP contribution in [0.3, 0.4) is 0 Å². The van der Waals surface area contributed by atoms with Gasteiger partial charge in [-0.05, 0) is 39.3 Å². The summed E-state index contributed by atoms with van der Waals surface area (Å²) in [6, 6.07) is 0. The van der Waals surface area contributed by atoms with Gasteiger partial charge in [-0.15, -0.1) is 0 Å². The molecular weight excluding hydrogens is 240 g/mol. The Labute approximate surface area is 104 Å². The van der Waals surface area contributed by atoms with Crippen LogP contribution in [0.15, 0.2) is 0 Å². The van der Waals surface area contributed by atoms with Crippen LogP contribution in [0.2, 0.25) is 0 Å². The molecule has 1 rings (SSSR count). The predicted octanol–water partition coefficient (Wildman–Crippen LogP) is 0.475. The Morgan fingerprint density at radius 2 is 2.12 bits per heavy atom. The van der Waals surface area contributed by atoms with Crippen molar-refractivity contribution in [3.8, 4) is 0 Å². The highest BCUT2D eigenvalue weighted by atomic mass is 32.2. The number of hydrogen-bond acceptors (Lipinski definition) is 4. The first kappa shape index (κ1) is 14.9. The lowest BCUT2D eigenvalue weighted by molar-refractivity contribution is 0.178. The third kappa shape index (κ3) is 5.81. The standard InChI is InChI=1S/C11H24N2O3S/c1-3-6-12-7-4-9-17(14,15)13-11(2)5-8-16-10-11/h12-13H,3-10H2,1-2H3. The topological polar surface area (TPSA) is 67.4 Å². The van der Waals surface area contributed by atoms with E-state index in [2.05, 4.69) is 17.0 Å². The van der Waals surface area contributed by atoms with E-state index in [1.807, 2.05) is 6.92 Å². The van der Waals surface area contributed by atoms with E-state index in [0.717, 1.165) is 25.9 Å². The molecule has 1 aliphatic rings. The second-order valence-corrected chi connectivity index (χ2v) is 6.73. The summed E-state index contributed by atoms with van der Waals surface area (Å²) in [4.78, 5) is 0. The molecule has 1 atom stereocenters. The molecule has 0 aliphatic carbocycles. The van der Waals surface area contributed by atoms with E-state index in [4.69, 9.17) is 4.74 Å². The molecule has 1 fully saturated rings. The molecule has 6 heteroatoms. The zero-order valence-corrected chi connectivity index (χ0v) is 11.6. The molecule has 0 radical (unpaired) electrons. The van der Waals surface area contributed by atoms with Gasteiger partial charge in [0, 0.05) is 6.61 Å². The van der Waals surface area contributed by atoms with Gasteiger partial charge in [-0.3, -0.25) is 0 Å². The maximum Gasteiger partial charge on any atom is 0.212 e. The lowest BCUT2D eigenvalue weighted by atomic mass is 10.0. The monoisotopic (exact) mass is 264 g/mol. The summed E-state index contributed by atoms with van der Waals surface area (Å²) in [5.74, 6) is 0.180. The summed E-state index contributed by atoms with van der Waals surface area (Å²) in [6.45, 7) is 6.79. The second kappa shape index (κ2) is 6.68. The van der Waals surface area contributed by atoms with E-state index >= 15 is 0 Å². The molecule has 0 bridgehead atoms. The van der Waals surface area contributed by atoms with Gasteiger partial charge < -0.3 is 10.1 Å². The molecule has 5 nitrogen and oxygen atoms in total. The largest absolute Gasteiger partial charge is 0.379 e. The summed E-state index contributed by atoms with van der Waals surface area (Å²) in [5.41, 5.74) is -0.407. The Morgan fingerprint density at radius 1 is 1.35 bits per heavy atom. The van der Waals surface area contributed by atoms with Crippen LogP contribution in [-0.2, 0) is 14.8 Å². The van der Waals surface area contributed by atoms with Crippen LogP contribution >= 0.6 is 0 Å². The zero-order valence-electron chi connectivity index (χ0n) is 10.8. The number of rotatable bonds is 8. The van der Waals surface area contributed by atoms with Gasteiger partial charge in [0.1, 0.15) is 0 Å². The minimum Gasteiger partial charge on any atom is -0.379 e. The molecular formula is C11H24N2O3S. The molecule has 0 aromatic carbocycles. The third-order valence-electron chi connectivity index (χ3n) is 2.81. The number of nitrogens with one attached hydrogen (secondary N) is 2. The van der Waals surface area contributed by atoms with Gasteiger partial charge >= 0.3 is 0 Å². The molecule has 1 saturated heterocycles. The van der Waals surface area contributed by atoms with Gasteiger partial charge in [0.2, 0.25) is 10.0 Å². The van der Waals surface area contributed by atoms with Crippen molar-refractivity contribution in [2.45, 2.75) is 38.6 Å². The molecule has 0 aromatic heterocycles. The van der Waals surface area contributed by atoms with E-state index in [-0.39, 0.29) is 5.75 Å². The Bertz CT molecular complexity index is 311. The lowest BCUT2D eigenvalue weighted by Crippen LogP contribution is -2.47. The highest BCUT2D eigenvalue weighted by molar-refractivity contribution is 7.89. The summed E-state index contributed by atoms with van der Waals surface area (Å²) < 4.78 is 31.6. The highest BCUT2D eigenvalue weighted by Crippen LogP contribution is 2.18. The molecule has 1 aliphatic heterocycles. The van der Waals surface area contributed by atoms with Crippen LogP contribution in [0.4, 0.5) is 0 Å². The SMILES string of the molecule is CCCNCCCS(=O)(=O)NC1(C)CCOC1. The first-order valence-corrected chi connectivity index (χ1v) is 7.93. The van der Waals surface area contributed by atoms with Crippen LogP contribution in [0.1, 0.15) is 33.1 Å². The van der Waals surface area contributed by atoms with Gasteiger partial charge in [0.05, 0.1) is 17.9 Å². The fourth-order valence-electron chi connectivity index (χ4n) is 1.86. The predicted molar refractivity (Wildman–Crippen MR) is 68.5 cm³/mol. The van der Waals surface area contributed by atoms with Crippen molar-refractivity contribution in [1.29, 1.82) is 0 Å². The van der Waals surface area contributed by atoms with Crippen LogP contribution in [0.25, 0.3) is 0 Å². The van der Waals surface area contributed by atoms with Crippen molar-refractivity contribution in [3.05, 3.63) is 0 Å². The van der Waals surface area contributed by atoms with Crippen LogP contribution in [0.5, 0.6) is 0 Å². The maximum absolute atomic E-state index is 11.8. The van der Waals surface area contributed by atoms with Crippen LogP contribution in [-0.4, -0.2) is 46.0 Å². The zero-order chi connectivity index (χ0) is 12.8. The average molecular weight is 264 g/mol. The molecule has 0 saturated carbocycles. The van der Waals surface area contributed by atoms with E-state index in [1.54, 1.807) is 0 Å². The van der Waals surface area contributed by atoms with Crippen LogP contribution < -0.4 is 10.0 Å². The molecule has 2 N–H and O–H groups in total. The van der Waals surface area contributed by atoms with Crippen molar-refractivity contribution in [2.75, 3.05) is 32.1 Å². The quantitative estimate of drug-likeness (QED) is 0.626. The number of sulfonamides is 1. The van der Waals surface area contributed by atoms with Gasteiger partial charge in [-0.1, -0.05) is 6.92 Å². The normalized spacial score (nSPS) is 25.3. The lowest BCUT2D eigenvalue weighted by Gasteiger charge is -2.23. The van der Waals surface area contributed by atoms with Crippen molar-refractivity contribution in [3.63, 3.8) is 0 Å². The molecule has 0 spiro atoms. The summed E-state index contributed by atoms with van der Waals surface area (Å²) in [5, 5.41) is 3.19. The molecule has 17 heavy (non-hydrogen) atoms. The summed E-state index contributed by atoms with van der Waals surface area (Å²) >= 11 is 0. The molecule has 1 heterocycles. The van der Waals surface area contributed by atoms with Crippen molar-refractivity contribution < 1.29 is 13.2 Å². The first-order chi connectivity index (χ1) is 7.97. The minimum absolute atomic E-state index is 0.180. The van der Waals surface area contributed by atoms with Crippen molar-refractivity contribution >= 4 is 10.0 Å². The number of hydrogen-bond donors (Lipinski definition) is 2. The fraction of sp³-hybridized carbons (Fsp3) is 1.00. The second-order valence-electron chi connectivity index (χ2n) is 4.89. The first-order valence-electron chi connectivity index (χ1n) is 6.27.